The van der Waals surface area contributed by atoms with Gasteiger partial charge in [0.1, 0.15) is 11.9 Å². The van der Waals surface area contributed by atoms with Crippen LogP contribution in [0.15, 0.2) is 18.2 Å². The summed E-state index contributed by atoms with van der Waals surface area (Å²) in [5.74, 6) is -1.74. The molecule has 17 heavy (non-hydrogen) atoms. The van der Waals surface area contributed by atoms with Gasteiger partial charge in [0.2, 0.25) is 0 Å². The number of hydrogen-bond acceptors (Lipinski definition) is 2. The van der Waals surface area contributed by atoms with Crippen molar-refractivity contribution >= 4 is 17.7 Å². The van der Waals surface area contributed by atoms with Crippen LogP contribution in [-0.4, -0.2) is 23.1 Å². The Balaban J connectivity index is 2.68. The highest BCUT2D eigenvalue weighted by atomic mass is 19.1. The first kappa shape index (κ1) is 13.0. The van der Waals surface area contributed by atoms with Crippen molar-refractivity contribution in [2.24, 2.45) is 0 Å². The Bertz CT molecular complexity index is 448. The smallest absolute Gasteiger partial charge is 0.325 e. The maximum absolute atomic E-state index is 13.3. The van der Waals surface area contributed by atoms with E-state index >= 15 is 0 Å². The van der Waals surface area contributed by atoms with Gasteiger partial charge >= 0.3 is 12.0 Å². The van der Waals surface area contributed by atoms with Crippen LogP contribution in [0.1, 0.15) is 12.5 Å². The third-order valence-electron chi connectivity index (χ3n) is 2.09. The summed E-state index contributed by atoms with van der Waals surface area (Å²) in [6.45, 7) is 3.07. The largest absolute Gasteiger partial charge is 0.480 e. The molecule has 92 valence electrons. The Kier molecular flexibility index (Phi) is 4.03. The standard InChI is InChI=1S/C11H13FN2O3/c1-6-3-4-8(12)9(5-6)14-11(17)13-7(2)10(15)16/h3-5,7H,1-2H3,(H,15,16)(H2,13,14,17)/t7-/m1/s1. The van der Waals surface area contributed by atoms with Crippen molar-refractivity contribution in [3.8, 4) is 0 Å². The van der Waals surface area contributed by atoms with Gasteiger partial charge in [-0.25, -0.2) is 9.18 Å². The fourth-order valence-electron chi connectivity index (χ4n) is 1.15. The summed E-state index contributed by atoms with van der Waals surface area (Å²) < 4.78 is 13.3. The van der Waals surface area contributed by atoms with Crippen LogP contribution in [0.25, 0.3) is 0 Å². The number of nitrogens with one attached hydrogen (secondary N) is 2. The second-order valence-corrected chi connectivity index (χ2v) is 3.64. The lowest BCUT2D eigenvalue weighted by atomic mass is 10.2. The van der Waals surface area contributed by atoms with Gasteiger partial charge in [-0.05, 0) is 31.5 Å². The van der Waals surface area contributed by atoms with Gasteiger partial charge < -0.3 is 15.7 Å². The van der Waals surface area contributed by atoms with Gasteiger partial charge in [-0.2, -0.15) is 0 Å². The van der Waals surface area contributed by atoms with E-state index in [9.17, 15) is 14.0 Å². The molecule has 0 bridgehead atoms. The quantitative estimate of drug-likeness (QED) is 0.752. The molecule has 0 heterocycles. The van der Waals surface area contributed by atoms with Gasteiger partial charge in [0.25, 0.3) is 0 Å². The number of urea groups is 1. The van der Waals surface area contributed by atoms with Crippen LogP contribution in [0.5, 0.6) is 0 Å². The van der Waals surface area contributed by atoms with Gasteiger partial charge in [-0.15, -0.1) is 0 Å². The molecule has 0 spiro atoms. The molecular weight excluding hydrogens is 227 g/mol. The zero-order valence-corrected chi connectivity index (χ0v) is 9.45. The Hall–Kier alpha value is -2.11. The first-order chi connectivity index (χ1) is 7.90. The van der Waals surface area contributed by atoms with Crippen molar-refractivity contribution < 1.29 is 19.1 Å². The highest BCUT2D eigenvalue weighted by Gasteiger charge is 2.14. The lowest BCUT2D eigenvalue weighted by molar-refractivity contribution is -0.138. The molecule has 0 aromatic heterocycles. The molecule has 0 aliphatic rings. The van der Waals surface area contributed by atoms with E-state index in [-0.39, 0.29) is 5.69 Å². The molecule has 3 N–H and O–H groups in total. The molecule has 0 saturated carbocycles. The average Bonchev–Trinajstić information content (AvgIpc) is 2.23. The summed E-state index contributed by atoms with van der Waals surface area (Å²) in [5, 5.41) is 13.0. The molecule has 1 aromatic rings. The van der Waals surface area contributed by atoms with E-state index < -0.39 is 23.9 Å². The van der Waals surface area contributed by atoms with E-state index in [1.165, 1.54) is 19.1 Å². The summed E-state index contributed by atoms with van der Waals surface area (Å²) in [6, 6.07) is 2.46. The zero-order valence-electron chi connectivity index (χ0n) is 9.45. The predicted molar refractivity (Wildman–Crippen MR) is 60.4 cm³/mol. The van der Waals surface area contributed by atoms with Gasteiger partial charge in [-0.3, -0.25) is 4.79 Å². The highest BCUT2D eigenvalue weighted by Crippen LogP contribution is 2.15. The fraction of sp³-hybridized carbons (Fsp3) is 0.273. The van der Waals surface area contributed by atoms with Crippen LogP contribution in [0, 0.1) is 12.7 Å². The summed E-state index contributed by atoms with van der Waals surface area (Å²) in [4.78, 5) is 21.8. The minimum atomic E-state index is -1.16. The van der Waals surface area contributed by atoms with E-state index in [1.54, 1.807) is 13.0 Å². The molecule has 1 aromatic carbocycles. The van der Waals surface area contributed by atoms with E-state index in [1.807, 2.05) is 0 Å². The number of carbonyl (C=O) groups is 2. The predicted octanol–water partition coefficient (Wildman–Crippen LogP) is 1.73. The van der Waals surface area contributed by atoms with Crippen LogP contribution in [0.4, 0.5) is 14.9 Å². The lowest BCUT2D eigenvalue weighted by Gasteiger charge is -2.11. The minimum Gasteiger partial charge on any atom is -0.480 e. The number of carboxylic acids is 1. The van der Waals surface area contributed by atoms with Gasteiger partial charge in [-0.1, -0.05) is 6.07 Å². The van der Waals surface area contributed by atoms with E-state index in [0.717, 1.165) is 5.56 Å². The number of amides is 2. The molecule has 0 aliphatic carbocycles. The van der Waals surface area contributed by atoms with Crippen LogP contribution in [0.2, 0.25) is 0 Å². The van der Waals surface area contributed by atoms with Gasteiger partial charge in [0, 0.05) is 0 Å². The first-order valence-electron chi connectivity index (χ1n) is 4.96. The van der Waals surface area contributed by atoms with E-state index in [0.29, 0.717) is 0 Å². The number of aliphatic carboxylic acids is 1. The summed E-state index contributed by atoms with van der Waals surface area (Å²) in [5.41, 5.74) is 0.799. The van der Waals surface area contributed by atoms with Crippen LogP contribution < -0.4 is 10.6 Å². The van der Waals surface area contributed by atoms with E-state index in [2.05, 4.69) is 10.6 Å². The summed E-state index contributed by atoms with van der Waals surface area (Å²) in [7, 11) is 0. The fourth-order valence-corrected chi connectivity index (χ4v) is 1.15. The van der Waals surface area contributed by atoms with Crippen LogP contribution in [-0.2, 0) is 4.79 Å². The lowest BCUT2D eigenvalue weighted by Crippen LogP contribution is -2.41. The normalized spacial score (nSPS) is 11.7. The number of carbonyl (C=O) groups excluding carboxylic acids is 1. The third kappa shape index (κ3) is 3.75. The molecule has 1 atom stereocenters. The number of hydrogen-bond donors (Lipinski definition) is 3. The summed E-state index contributed by atoms with van der Waals surface area (Å²) >= 11 is 0. The number of halogens is 1. The Morgan fingerprint density at radius 3 is 2.65 bits per heavy atom. The van der Waals surface area contributed by atoms with Crippen molar-refractivity contribution in [3.05, 3.63) is 29.6 Å². The minimum absolute atomic E-state index is 0.0140. The van der Waals surface area contributed by atoms with Crippen LogP contribution >= 0.6 is 0 Å². The molecule has 6 heteroatoms. The van der Waals surface area contributed by atoms with Crippen molar-refractivity contribution in [2.45, 2.75) is 19.9 Å². The van der Waals surface area contributed by atoms with Crippen molar-refractivity contribution in [3.63, 3.8) is 0 Å². The Labute approximate surface area is 97.6 Å². The molecular formula is C11H13FN2O3. The maximum atomic E-state index is 13.3. The SMILES string of the molecule is Cc1ccc(F)c(NC(=O)N[C@H](C)C(=O)O)c1. The van der Waals surface area contributed by atoms with Crippen molar-refractivity contribution in [1.82, 2.24) is 5.32 Å². The number of carboxylic acid groups (broad SMARTS) is 1. The average molecular weight is 240 g/mol. The number of rotatable bonds is 3. The zero-order chi connectivity index (χ0) is 13.0. The number of anilines is 1. The van der Waals surface area contributed by atoms with Gasteiger partial charge in [0.15, 0.2) is 0 Å². The Morgan fingerprint density at radius 2 is 2.06 bits per heavy atom. The second kappa shape index (κ2) is 5.29. The molecule has 5 nitrogen and oxygen atoms in total. The molecule has 0 fully saturated rings. The Morgan fingerprint density at radius 1 is 1.41 bits per heavy atom. The van der Waals surface area contributed by atoms with Crippen LogP contribution in [0.3, 0.4) is 0 Å². The van der Waals surface area contributed by atoms with Gasteiger partial charge in [0.05, 0.1) is 5.69 Å². The third-order valence-corrected chi connectivity index (χ3v) is 2.09. The number of aryl methyl sites for hydroxylation is 1. The molecule has 0 saturated heterocycles. The second-order valence-electron chi connectivity index (χ2n) is 3.64. The maximum Gasteiger partial charge on any atom is 0.325 e. The molecule has 0 unspecified atom stereocenters. The topological polar surface area (TPSA) is 78.4 Å². The molecule has 2 amide bonds. The first-order valence-corrected chi connectivity index (χ1v) is 4.96. The molecule has 0 aliphatic heterocycles. The van der Waals surface area contributed by atoms with E-state index in [4.69, 9.17) is 5.11 Å². The monoisotopic (exact) mass is 240 g/mol. The number of benzene rings is 1. The van der Waals surface area contributed by atoms with Crippen molar-refractivity contribution in [2.75, 3.05) is 5.32 Å². The summed E-state index contributed by atoms with van der Waals surface area (Å²) in [6.07, 6.45) is 0. The molecule has 0 radical (unpaired) electrons. The van der Waals surface area contributed by atoms with Crippen molar-refractivity contribution in [1.29, 1.82) is 0 Å². The molecule has 1 rings (SSSR count). The highest BCUT2D eigenvalue weighted by molar-refractivity contribution is 5.92.